The molecule has 0 saturated carbocycles. The highest BCUT2D eigenvalue weighted by molar-refractivity contribution is 6.12. The second-order valence-electron chi connectivity index (χ2n) is 14.5. The van der Waals surface area contributed by atoms with Gasteiger partial charge in [0, 0.05) is 49.0 Å². The molecular weight excluding hydrogens is 701 g/mol. The van der Waals surface area contributed by atoms with Gasteiger partial charge < -0.3 is 13.3 Å². The van der Waals surface area contributed by atoms with Crippen LogP contribution in [-0.2, 0) is 0 Å². The lowest BCUT2D eigenvalue weighted by Crippen LogP contribution is -1.97. The Kier molecular flexibility index (Phi) is 6.86. The number of furan rings is 3. The minimum absolute atomic E-state index is 0.650. The highest BCUT2D eigenvalue weighted by Gasteiger charge is 2.19. The lowest BCUT2D eigenvalue weighted by atomic mass is 9.93. The molecule has 5 heteroatoms. The van der Waals surface area contributed by atoms with Crippen molar-refractivity contribution < 1.29 is 13.3 Å². The Labute approximate surface area is 326 Å². The lowest BCUT2D eigenvalue weighted by Gasteiger charge is -2.14. The summed E-state index contributed by atoms with van der Waals surface area (Å²) in [6.07, 6.45) is 0. The van der Waals surface area contributed by atoms with Crippen molar-refractivity contribution in [3.05, 3.63) is 182 Å². The van der Waals surface area contributed by atoms with Gasteiger partial charge in [0.2, 0.25) is 0 Å². The first kappa shape index (κ1) is 31.6. The Hall–Kier alpha value is -7.76. The maximum Gasteiger partial charge on any atom is 0.160 e. The molecule has 5 nitrogen and oxygen atoms in total. The van der Waals surface area contributed by atoms with Gasteiger partial charge in [0.25, 0.3) is 0 Å². The summed E-state index contributed by atoms with van der Waals surface area (Å²) in [5, 5.41) is 6.44. The molecule has 0 aliphatic carbocycles. The van der Waals surface area contributed by atoms with Gasteiger partial charge in [-0.2, -0.15) is 0 Å². The molecule has 0 aliphatic rings. The molecular formula is C52H30N2O3. The SMILES string of the molecule is c1ccc(-c2nc(-c3cc(-c4ccc5oc6ccccc6c5c4)cc(-c4ccc5oc6ccccc6c5c4)c3)cc(-c3cccc4oc5ccccc5c34)n2)cc1. The smallest absolute Gasteiger partial charge is 0.160 e. The minimum Gasteiger partial charge on any atom is -0.456 e. The van der Waals surface area contributed by atoms with E-state index in [0.717, 1.165) is 116 Å². The average molecular weight is 731 g/mol. The van der Waals surface area contributed by atoms with E-state index in [2.05, 4.69) is 115 Å². The van der Waals surface area contributed by atoms with Crippen LogP contribution in [0.3, 0.4) is 0 Å². The Balaban J connectivity index is 1.11. The van der Waals surface area contributed by atoms with Gasteiger partial charge in [0.05, 0.1) is 11.4 Å². The summed E-state index contributed by atoms with van der Waals surface area (Å²) in [4.78, 5) is 10.5. The molecule has 0 unspecified atom stereocenters. The fraction of sp³-hybridized carbons (Fsp3) is 0. The first-order valence-corrected chi connectivity index (χ1v) is 19.0. The molecule has 0 fully saturated rings. The zero-order chi connectivity index (χ0) is 37.5. The van der Waals surface area contributed by atoms with Crippen LogP contribution in [0.15, 0.2) is 195 Å². The Bertz CT molecular complexity index is 3400. The maximum atomic E-state index is 6.32. The summed E-state index contributed by atoms with van der Waals surface area (Å²) < 4.78 is 18.8. The Morgan fingerprint density at radius 2 is 0.772 bits per heavy atom. The number of para-hydroxylation sites is 3. The standard InChI is InChI=1S/C52H30N2O3/c1-2-11-31(12-3-1)52-53-43(30-44(54-52)39-16-10-20-50-51(39)40-15-6-9-19-47(40)57-50)36-26-34(32-21-23-48-41(28-32)37-13-4-7-17-45(37)55-48)25-35(27-36)33-22-24-49-42(29-33)38-14-5-8-18-46(38)56-49/h1-30H. The van der Waals surface area contributed by atoms with Gasteiger partial charge in [-0.1, -0.05) is 109 Å². The van der Waals surface area contributed by atoms with Crippen LogP contribution in [0.1, 0.15) is 0 Å². The van der Waals surface area contributed by atoms with E-state index in [1.165, 1.54) is 0 Å². The van der Waals surface area contributed by atoms with E-state index in [0.29, 0.717) is 5.82 Å². The first-order chi connectivity index (χ1) is 28.2. The van der Waals surface area contributed by atoms with Gasteiger partial charge in [0.15, 0.2) is 5.82 Å². The van der Waals surface area contributed by atoms with Crippen molar-refractivity contribution in [2.75, 3.05) is 0 Å². The quantitative estimate of drug-likeness (QED) is 0.176. The van der Waals surface area contributed by atoms with E-state index in [9.17, 15) is 0 Å². The molecule has 12 rings (SSSR count). The number of hydrogen-bond acceptors (Lipinski definition) is 5. The summed E-state index contributed by atoms with van der Waals surface area (Å²) in [6.45, 7) is 0. The third-order valence-electron chi connectivity index (χ3n) is 11.1. The number of fused-ring (bicyclic) bond motifs is 9. The molecule has 4 heterocycles. The predicted octanol–water partition coefficient (Wildman–Crippen LogP) is 14.5. The molecule has 0 aliphatic heterocycles. The average Bonchev–Trinajstić information content (AvgIpc) is 3.97. The molecule has 0 amide bonds. The van der Waals surface area contributed by atoms with Gasteiger partial charge in [-0.15, -0.1) is 0 Å². The highest BCUT2D eigenvalue weighted by Crippen LogP contribution is 2.41. The molecule has 8 aromatic carbocycles. The van der Waals surface area contributed by atoms with Crippen LogP contribution >= 0.6 is 0 Å². The second-order valence-corrected chi connectivity index (χ2v) is 14.5. The minimum atomic E-state index is 0.650. The zero-order valence-corrected chi connectivity index (χ0v) is 30.4. The maximum absolute atomic E-state index is 6.32. The molecule has 4 aromatic heterocycles. The summed E-state index contributed by atoms with van der Waals surface area (Å²) in [5.41, 5.74) is 14.0. The van der Waals surface area contributed by atoms with E-state index in [1.807, 2.05) is 66.7 Å². The molecule has 0 bridgehead atoms. The van der Waals surface area contributed by atoms with E-state index in [4.69, 9.17) is 23.2 Å². The summed E-state index contributed by atoms with van der Waals surface area (Å²) >= 11 is 0. The van der Waals surface area contributed by atoms with Crippen LogP contribution in [0.2, 0.25) is 0 Å². The number of hydrogen-bond donors (Lipinski definition) is 0. The van der Waals surface area contributed by atoms with Crippen molar-refractivity contribution >= 4 is 65.8 Å². The van der Waals surface area contributed by atoms with Crippen LogP contribution in [-0.4, -0.2) is 9.97 Å². The molecule has 0 radical (unpaired) electrons. The normalized spacial score (nSPS) is 11.9. The van der Waals surface area contributed by atoms with Crippen molar-refractivity contribution in [2.24, 2.45) is 0 Å². The number of rotatable bonds is 5. The highest BCUT2D eigenvalue weighted by atomic mass is 16.3. The van der Waals surface area contributed by atoms with E-state index in [1.54, 1.807) is 0 Å². The fourth-order valence-corrected chi connectivity index (χ4v) is 8.36. The Morgan fingerprint density at radius 1 is 0.281 bits per heavy atom. The van der Waals surface area contributed by atoms with Crippen molar-refractivity contribution in [3.63, 3.8) is 0 Å². The van der Waals surface area contributed by atoms with Crippen LogP contribution in [0.25, 0.3) is 122 Å². The van der Waals surface area contributed by atoms with Crippen LogP contribution in [0.5, 0.6) is 0 Å². The second kappa shape index (κ2) is 12.4. The molecule has 0 atom stereocenters. The third-order valence-corrected chi connectivity index (χ3v) is 11.1. The topological polar surface area (TPSA) is 65.2 Å². The van der Waals surface area contributed by atoms with Crippen molar-refractivity contribution in [1.29, 1.82) is 0 Å². The first-order valence-electron chi connectivity index (χ1n) is 19.0. The van der Waals surface area contributed by atoms with Gasteiger partial charge in [0.1, 0.15) is 33.5 Å². The van der Waals surface area contributed by atoms with Gasteiger partial charge >= 0.3 is 0 Å². The van der Waals surface area contributed by atoms with Gasteiger partial charge in [-0.05, 0) is 95.1 Å². The van der Waals surface area contributed by atoms with Gasteiger partial charge in [-0.3, -0.25) is 0 Å². The predicted molar refractivity (Wildman–Crippen MR) is 231 cm³/mol. The van der Waals surface area contributed by atoms with E-state index in [-0.39, 0.29) is 0 Å². The molecule has 266 valence electrons. The molecule has 12 aromatic rings. The van der Waals surface area contributed by atoms with E-state index >= 15 is 0 Å². The molecule has 0 N–H and O–H groups in total. The van der Waals surface area contributed by atoms with Crippen molar-refractivity contribution in [2.45, 2.75) is 0 Å². The molecule has 0 spiro atoms. The van der Waals surface area contributed by atoms with Crippen molar-refractivity contribution in [3.8, 4) is 56.2 Å². The molecule has 0 saturated heterocycles. The number of benzene rings is 8. The summed E-state index contributed by atoms with van der Waals surface area (Å²) in [6, 6.07) is 62.8. The molecule has 57 heavy (non-hydrogen) atoms. The summed E-state index contributed by atoms with van der Waals surface area (Å²) in [5.74, 6) is 0.650. The monoisotopic (exact) mass is 730 g/mol. The van der Waals surface area contributed by atoms with Gasteiger partial charge in [-0.25, -0.2) is 9.97 Å². The largest absolute Gasteiger partial charge is 0.456 e. The van der Waals surface area contributed by atoms with Crippen LogP contribution in [0, 0.1) is 0 Å². The zero-order valence-electron chi connectivity index (χ0n) is 30.4. The lowest BCUT2D eigenvalue weighted by molar-refractivity contribution is 0.668. The number of aromatic nitrogens is 2. The Morgan fingerprint density at radius 3 is 1.42 bits per heavy atom. The number of nitrogens with zero attached hydrogens (tertiary/aromatic N) is 2. The van der Waals surface area contributed by atoms with E-state index < -0.39 is 0 Å². The fourth-order valence-electron chi connectivity index (χ4n) is 8.36. The summed E-state index contributed by atoms with van der Waals surface area (Å²) in [7, 11) is 0. The van der Waals surface area contributed by atoms with Crippen LogP contribution < -0.4 is 0 Å². The van der Waals surface area contributed by atoms with Crippen LogP contribution in [0.4, 0.5) is 0 Å². The third kappa shape index (κ3) is 5.17. The van der Waals surface area contributed by atoms with Crippen molar-refractivity contribution in [1.82, 2.24) is 9.97 Å².